The molecule has 0 radical (unpaired) electrons. The quantitative estimate of drug-likeness (QED) is 0.817. The van der Waals surface area contributed by atoms with Crippen molar-refractivity contribution >= 4 is 27.3 Å². The van der Waals surface area contributed by atoms with Gasteiger partial charge in [-0.2, -0.15) is 0 Å². The first-order valence-electron chi connectivity index (χ1n) is 4.66. The zero-order chi connectivity index (χ0) is 9.42. The lowest BCUT2D eigenvalue weighted by molar-refractivity contribution is 0.758. The van der Waals surface area contributed by atoms with Gasteiger partial charge in [-0.1, -0.05) is 0 Å². The highest BCUT2D eigenvalue weighted by atomic mass is 79.9. The summed E-state index contributed by atoms with van der Waals surface area (Å²) in [6, 6.07) is 0. The fraction of sp³-hybridized carbons (Fsp3) is 0.600. The van der Waals surface area contributed by atoms with Crippen molar-refractivity contribution in [3.05, 3.63) is 19.8 Å². The molecule has 1 saturated heterocycles. The van der Waals surface area contributed by atoms with E-state index >= 15 is 0 Å². The largest absolute Gasteiger partial charge is 0.316 e. The molecular weight excluding hydrogens is 246 g/mol. The highest BCUT2D eigenvalue weighted by molar-refractivity contribution is 9.10. The van der Waals surface area contributed by atoms with Crippen molar-refractivity contribution in [1.29, 1.82) is 0 Å². The van der Waals surface area contributed by atoms with E-state index in [-0.39, 0.29) is 0 Å². The van der Waals surface area contributed by atoms with Crippen LogP contribution in [0.4, 0.5) is 0 Å². The van der Waals surface area contributed by atoms with Gasteiger partial charge < -0.3 is 5.32 Å². The van der Waals surface area contributed by atoms with Crippen molar-refractivity contribution in [3.8, 4) is 0 Å². The summed E-state index contributed by atoms with van der Waals surface area (Å²) in [4.78, 5) is 2.90. The van der Waals surface area contributed by atoms with Gasteiger partial charge in [0.05, 0.1) is 0 Å². The van der Waals surface area contributed by atoms with Gasteiger partial charge in [-0.05, 0) is 54.2 Å². The number of thiophene rings is 1. The first kappa shape index (κ1) is 9.69. The van der Waals surface area contributed by atoms with Crippen LogP contribution >= 0.6 is 27.3 Å². The maximum absolute atomic E-state index is 3.69. The molecule has 1 unspecified atom stereocenters. The van der Waals surface area contributed by atoms with E-state index in [0.29, 0.717) is 0 Å². The molecule has 2 heterocycles. The number of halogens is 1. The predicted molar refractivity (Wildman–Crippen MR) is 61.7 cm³/mol. The highest BCUT2D eigenvalue weighted by Gasteiger charge is 2.23. The Labute approximate surface area is 91.7 Å². The lowest BCUT2D eigenvalue weighted by atomic mass is 9.99. The van der Waals surface area contributed by atoms with E-state index < -0.39 is 0 Å². The Morgan fingerprint density at radius 2 is 2.15 bits per heavy atom. The van der Waals surface area contributed by atoms with Crippen LogP contribution in [0.3, 0.4) is 0 Å². The summed E-state index contributed by atoms with van der Waals surface area (Å²) in [5, 5.41) is 3.42. The average Bonchev–Trinajstić information content (AvgIpc) is 2.63. The summed E-state index contributed by atoms with van der Waals surface area (Å²) < 4.78 is 1.35. The summed E-state index contributed by atoms with van der Waals surface area (Å²) >= 11 is 5.60. The molecule has 72 valence electrons. The molecule has 0 saturated carbocycles. The summed E-state index contributed by atoms with van der Waals surface area (Å²) in [7, 11) is 0. The van der Waals surface area contributed by atoms with Crippen LogP contribution in [0.25, 0.3) is 0 Å². The molecule has 1 atom stereocenters. The third-order valence-corrected chi connectivity index (χ3v) is 5.02. The molecule has 0 bridgehead atoms. The number of rotatable bonds is 1. The Kier molecular flexibility index (Phi) is 2.77. The van der Waals surface area contributed by atoms with Gasteiger partial charge in [-0.15, -0.1) is 11.3 Å². The van der Waals surface area contributed by atoms with Crippen molar-refractivity contribution < 1.29 is 0 Å². The Balaban J connectivity index is 2.37. The van der Waals surface area contributed by atoms with Gasteiger partial charge in [0.15, 0.2) is 0 Å². The first-order valence-corrected chi connectivity index (χ1v) is 6.27. The van der Waals surface area contributed by atoms with Crippen molar-refractivity contribution in [3.63, 3.8) is 0 Å². The van der Waals surface area contributed by atoms with Gasteiger partial charge in [0.2, 0.25) is 0 Å². The highest BCUT2D eigenvalue weighted by Crippen LogP contribution is 2.39. The Hall–Kier alpha value is 0.140. The van der Waals surface area contributed by atoms with Crippen LogP contribution in [0.2, 0.25) is 0 Å². The normalized spacial score (nSPS) is 22.5. The molecule has 0 aromatic carbocycles. The minimum Gasteiger partial charge on any atom is -0.316 e. The first-order chi connectivity index (χ1) is 6.20. The number of hydrogen-bond acceptors (Lipinski definition) is 2. The molecule has 2 rings (SSSR count). The SMILES string of the molecule is Cc1sc(C)c(C2CCNC2)c1Br. The smallest absolute Gasteiger partial charge is 0.0349 e. The van der Waals surface area contributed by atoms with Gasteiger partial charge in [-0.3, -0.25) is 0 Å². The van der Waals surface area contributed by atoms with E-state index in [1.165, 1.54) is 27.2 Å². The molecule has 0 spiro atoms. The summed E-state index contributed by atoms with van der Waals surface area (Å²) in [6.45, 7) is 6.74. The van der Waals surface area contributed by atoms with E-state index in [0.717, 1.165) is 12.5 Å². The Morgan fingerprint density at radius 1 is 1.38 bits per heavy atom. The molecule has 13 heavy (non-hydrogen) atoms. The number of nitrogens with one attached hydrogen (secondary N) is 1. The molecule has 1 aromatic rings. The lowest BCUT2D eigenvalue weighted by Crippen LogP contribution is -2.08. The summed E-state index contributed by atoms with van der Waals surface area (Å²) in [5.41, 5.74) is 1.55. The van der Waals surface area contributed by atoms with E-state index in [9.17, 15) is 0 Å². The summed E-state index contributed by atoms with van der Waals surface area (Å²) in [5.74, 6) is 0.735. The molecule has 1 nitrogen and oxygen atoms in total. The minimum absolute atomic E-state index is 0.735. The van der Waals surface area contributed by atoms with Crippen molar-refractivity contribution in [2.45, 2.75) is 26.2 Å². The second-order valence-corrected chi connectivity index (χ2v) is 5.85. The summed E-state index contributed by atoms with van der Waals surface area (Å²) in [6.07, 6.45) is 1.29. The van der Waals surface area contributed by atoms with Crippen molar-refractivity contribution in [2.75, 3.05) is 13.1 Å². The zero-order valence-corrected chi connectivity index (χ0v) is 10.4. The monoisotopic (exact) mass is 259 g/mol. The number of aryl methyl sites for hydroxylation is 2. The topological polar surface area (TPSA) is 12.0 Å². The minimum atomic E-state index is 0.735. The van der Waals surface area contributed by atoms with E-state index in [2.05, 4.69) is 35.1 Å². The molecule has 1 fully saturated rings. The molecule has 0 amide bonds. The van der Waals surface area contributed by atoms with Gasteiger partial charge in [0.1, 0.15) is 0 Å². The van der Waals surface area contributed by atoms with Gasteiger partial charge in [0.25, 0.3) is 0 Å². The van der Waals surface area contributed by atoms with Crippen molar-refractivity contribution in [1.82, 2.24) is 5.32 Å². The van der Waals surface area contributed by atoms with Gasteiger partial charge in [0, 0.05) is 20.8 Å². The van der Waals surface area contributed by atoms with E-state index in [4.69, 9.17) is 0 Å². The van der Waals surface area contributed by atoms with Gasteiger partial charge in [-0.25, -0.2) is 0 Å². The van der Waals surface area contributed by atoms with Crippen LogP contribution in [0.5, 0.6) is 0 Å². The van der Waals surface area contributed by atoms with Crippen LogP contribution in [-0.4, -0.2) is 13.1 Å². The maximum Gasteiger partial charge on any atom is 0.0349 e. The molecule has 1 N–H and O–H groups in total. The third kappa shape index (κ3) is 1.69. The third-order valence-electron chi connectivity index (χ3n) is 2.70. The molecule has 1 aromatic heterocycles. The van der Waals surface area contributed by atoms with Crippen LogP contribution < -0.4 is 5.32 Å². The molecule has 1 aliphatic heterocycles. The number of hydrogen-bond donors (Lipinski definition) is 1. The van der Waals surface area contributed by atoms with Crippen LogP contribution in [0.1, 0.15) is 27.7 Å². The molecule has 3 heteroatoms. The second kappa shape index (κ2) is 3.71. The molecular formula is C10H14BrNS. The van der Waals surface area contributed by atoms with Crippen LogP contribution in [0, 0.1) is 13.8 Å². The lowest BCUT2D eigenvalue weighted by Gasteiger charge is -2.08. The van der Waals surface area contributed by atoms with E-state index in [1.54, 1.807) is 5.56 Å². The van der Waals surface area contributed by atoms with E-state index in [1.807, 2.05) is 11.3 Å². The maximum atomic E-state index is 3.69. The standard InChI is InChI=1S/C10H14BrNS/c1-6-9(8-3-4-12-5-8)10(11)7(2)13-6/h8,12H,3-5H2,1-2H3. The zero-order valence-electron chi connectivity index (χ0n) is 7.98. The fourth-order valence-corrected chi connectivity index (χ4v) is 4.07. The molecule has 0 aliphatic carbocycles. The Bertz CT molecular complexity index is 313. The second-order valence-electron chi connectivity index (χ2n) is 3.63. The Morgan fingerprint density at radius 3 is 2.62 bits per heavy atom. The van der Waals surface area contributed by atoms with Gasteiger partial charge >= 0.3 is 0 Å². The van der Waals surface area contributed by atoms with Crippen LogP contribution in [0.15, 0.2) is 4.47 Å². The molecule has 1 aliphatic rings. The predicted octanol–water partition coefficient (Wildman–Crippen LogP) is 3.20. The average molecular weight is 260 g/mol. The van der Waals surface area contributed by atoms with Crippen molar-refractivity contribution in [2.24, 2.45) is 0 Å². The van der Waals surface area contributed by atoms with Crippen LogP contribution in [-0.2, 0) is 0 Å². The fourth-order valence-electron chi connectivity index (χ4n) is 2.04.